The lowest BCUT2D eigenvalue weighted by molar-refractivity contribution is -0.145. The molecule has 23 heavy (non-hydrogen) atoms. The summed E-state index contributed by atoms with van der Waals surface area (Å²) in [7, 11) is -2.41. The van der Waals surface area contributed by atoms with Crippen LogP contribution in [-0.2, 0) is 19.6 Å². The number of carboxylic acids is 1. The van der Waals surface area contributed by atoms with Gasteiger partial charge in [-0.3, -0.25) is 9.59 Å². The van der Waals surface area contributed by atoms with Gasteiger partial charge in [-0.1, -0.05) is 24.6 Å². The number of piperidine rings is 1. The van der Waals surface area contributed by atoms with Gasteiger partial charge < -0.3 is 10.0 Å². The van der Waals surface area contributed by atoms with E-state index in [0.29, 0.717) is 12.8 Å². The number of sulfonamides is 1. The molecule has 1 N–H and O–H groups in total. The van der Waals surface area contributed by atoms with Gasteiger partial charge in [-0.25, -0.2) is 8.42 Å². The van der Waals surface area contributed by atoms with E-state index in [4.69, 9.17) is 5.11 Å². The monoisotopic (exact) mass is 340 g/mol. The molecular formula is C15H20N2O5S. The highest BCUT2D eigenvalue weighted by Crippen LogP contribution is 2.26. The maximum atomic E-state index is 12.8. The third-order valence-electron chi connectivity index (χ3n) is 3.84. The summed E-state index contributed by atoms with van der Waals surface area (Å²) >= 11 is 0. The summed E-state index contributed by atoms with van der Waals surface area (Å²) in [5, 5.41) is 8.81. The Hall–Kier alpha value is -1.93. The molecule has 1 aromatic carbocycles. The summed E-state index contributed by atoms with van der Waals surface area (Å²) in [4.78, 5) is 24.5. The first kappa shape index (κ1) is 17.4. The molecule has 2 rings (SSSR count). The van der Waals surface area contributed by atoms with Crippen LogP contribution in [0.5, 0.6) is 0 Å². The van der Waals surface area contributed by atoms with Crippen LogP contribution in [0.4, 0.5) is 0 Å². The van der Waals surface area contributed by atoms with E-state index in [9.17, 15) is 18.0 Å². The van der Waals surface area contributed by atoms with Crippen molar-refractivity contribution in [2.45, 2.75) is 30.2 Å². The molecule has 126 valence electrons. The standard InChI is InChI=1S/C15H20N2O5S/c1-16(11-14(18)19)15(20)13-9-5-6-10-17(13)23(21,22)12-7-3-2-4-8-12/h2-4,7-8,13H,5-6,9-11H2,1H3,(H,18,19). The Morgan fingerprint density at radius 3 is 2.52 bits per heavy atom. The Morgan fingerprint density at radius 2 is 1.91 bits per heavy atom. The van der Waals surface area contributed by atoms with Crippen LogP contribution in [0.15, 0.2) is 35.2 Å². The van der Waals surface area contributed by atoms with Crippen LogP contribution in [-0.4, -0.2) is 60.8 Å². The van der Waals surface area contributed by atoms with Crippen molar-refractivity contribution in [2.75, 3.05) is 20.1 Å². The number of benzene rings is 1. The van der Waals surface area contributed by atoms with E-state index in [-0.39, 0.29) is 11.4 Å². The quantitative estimate of drug-likeness (QED) is 0.854. The molecule has 8 heteroatoms. The van der Waals surface area contributed by atoms with Gasteiger partial charge in [-0.2, -0.15) is 4.31 Å². The number of rotatable bonds is 5. The van der Waals surface area contributed by atoms with Gasteiger partial charge in [0.1, 0.15) is 12.6 Å². The number of likely N-dealkylation sites (N-methyl/N-ethyl adjacent to an activating group) is 1. The fourth-order valence-corrected chi connectivity index (χ4v) is 4.37. The van der Waals surface area contributed by atoms with Crippen LogP contribution in [0, 0.1) is 0 Å². The Kier molecular flexibility index (Phi) is 5.38. The SMILES string of the molecule is CN(CC(=O)O)C(=O)C1CCCCN1S(=O)(=O)c1ccccc1. The molecule has 0 radical (unpaired) electrons. The Bertz CT molecular complexity index is 674. The molecule has 0 aliphatic carbocycles. The van der Waals surface area contributed by atoms with Crippen molar-refractivity contribution in [3.63, 3.8) is 0 Å². The molecule has 1 amide bonds. The first-order chi connectivity index (χ1) is 10.8. The number of carbonyl (C=O) groups excluding carboxylic acids is 1. The van der Waals surface area contributed by atoms with Crippen molar-refractivity contribution < 1.29 is 23.1 Å². The molecule has 1 aliphatic heterocycles. The summed E-state index contributed by atoms with van der Waals surface area (Å²) < 4.78 is 26.8. The Labute approximate surface area is 135 Å². The van der Waals surface area contributed by atoms with Crippen LogP contribution in [0.25, 0.3) is 0 Å². The van der Waals surface area contributed by atoms with E-state index in [1.807, 2.05) is 0 Å². The second kappa shape index (κ2) is 7.10. The van der Waals surface area contributed by atoms with Gasteiger partial charge in [-0.15, -0.1) is 0 Å². The number of carboxylic acid groups (broad SMARTS) is 1. The van der Waals surface area contributed by atoms with Crippen molar-refractivity contribution in [1.29, 1.82) is 0 Å². The smallest absolute Gasteiger partial charge is 0.323 e. The number of carbonyl (C=O) groups is 2. The summed E-state index contributed by atoms with van der Waals surface area (Å²) in [5.74, 6) is -1.61. The molecule has 1 aromatic rings. The van der Waals surface area contributed by atoms with Gasteiger partial charge >= 0.3 is 5.97 Å². The first-order valence-corrected chi connectivity index (χ1v) is 8.81. The fourth-order valence-electron chi connectivity index (χ4n) is 2.70. The molecule has 1 fully saturated rings. The Balaban J connectivity index is 2.28. The number of nitrogens with zero attached hydrogens (tertiary/aromatic N) is 2. The molecule has 0 saturated carbocycles. The fraction of sp³-hybridized carbons (Fsp3) is 0.467. The minimum absolute atomic E-state index is 0.139. The molecule has 1 heterocycles. The van der Waals surface area contributed by atoms with Crippen molar-refractivity contribution in [3.05, 3.63) is 30.3 Å². The van der Waals surface area contributed by atoms with Crippen molar-refractivity contribution in [2.24, 2.45) is 0 Å². The molecule has 1 saturated heterocycles. The zero-order valence-electron chi connectivity index (χ0n) is 12.9. The van der Waals surface area contributed by atoms with Crippen molar-refractivity contribution in [1.82, 2.24) is 9.21 Å². The highest BCUT2D eigenvalue weighted by atomic mass is 32.2. The Morgan fingerprint density at radius 1 is 1.26 bits per heavy atom. The maximum Gasteiger partial charge on any atom is 0.323 e. The third-order valence-corrected chi connectivity index (χ3v) is 5.76. The minimum atomic E-state index is -3.78. The molecule has 1 atom stereocenters. The lowest BCUT2D eigenvalue weighted by Gasteiger charge is -2.35. The molecule has 0 spiro atoms. The van der Waals surface area contributed by atoms with Gasteiger partial charge in [0.2, 0.25) is 15.9 Å². The average molecular weight is 340 g/mol. The number of amides is 1. The second-order valence-electron chi connectivity index (χ2n) is 5.53. The lowest BCUT2D eigenvalue weighted by Crippen LogP contribution is -2.52. The third kappa shape index (κ3) is 3.89. The molecule has 1 aliphatic rings. The van der Waals surface area contributed by atoms with Crippen LogP contribution in [0.3, 0.4) is 0 Å². The summed E-state index contributed by atoms with van der Waals surface area (Å²) in [6.07, 6.45) is 1.81. The van der Waals surface area contributed by atoms with Gasteiger partial charge in [-0.05, 0) is 25.0 Å². The molecular weight excluding hydrogens is 320 g/mol. The first-order valence-electron chi connectivity index (χ1n) is 7.37. The minimum Gasteiger partial charge on any atom is -0.480 e. The zero-order valence-corrected chi connectivity index (χ0v) is 13.7. The van der Waals surface area contributed by atoms with Crippen molar-refractivity contribution >= 4 is 21.9 Å². The molecule has 1 unspecified atom stereocenters. The second-order valence-corrected chi connectivity index (χ2v) is 7.42. The molecule has 0 bridgehead atoms. The van der Waals surface area contributed by atoms with Crippen molar-refractivity contribution in [3.8, 4) is 0 Å². The van der Waals surface area contributed by atoms with Crippen LogP contribution >= 0.6 is 0 Å². The average Bonchev–Trinajstić information content (AvgIpc) is 2.54. The largest absolute Gasteiger partial charge is 0.480 e. The van der Waals surface area contributed by atoms with E-state index in [1.54, 1.807) is 18.2 Å². The predicted octanol–water partition coefficient (Wildman–Crippen LogP) is 0.773. The van der Waals surface area contributed by atoms with Crippen LogP contribution < -0.4 is 0 Å². The number of aliphatic carboxylic acids is 1. The lowest BCUT2D eigenvalue weighted by atomic mass is 10.0. The molecule has 0 aromatic heterocycles. The topological polar surface area (TPSA) is 95.0 Å². The van der Waals surface area contributed by atoms with E-state index < -0.39 is 34.5 Å². The highest BCUT2D eigenvalue weighted by Gasteiger charge is 2.38. The van der Waals surface area contributed by atoms with Crippen LogP contribution in [0.2, 0.25) is 0 Å². The number of hydrogen-bond acceptors (Lipinski definition) is 4. The summed E-state index contributed by atoms with van der Waals surface area (Å²) in [5.41, 5.74) is 0. The van der Waals surface area contributed by atoms with E-state index >= 15 is 0 Å². The normalized spacial score (nSPS) is 19.3. The predicted molar refractivity (Wildman–Crippen MR) is 83.2 cm³/mol. The molecule has 7 nitrogen and oxygen atoms in total. The zero-order chi connectivity index (χ0) is 17.0. The summed E-state index contributed by atoms with van der Waals surface area (Å²) in [6.45, 7) is -0.191. The van der Waals surface area contributed by atoms with Gasteiger partial charge in [0, 0.05) is 13.6 Å². The number of hydrogen-bond donors (Lipinski definition) is 1. The summed E-state index contributed by atoms with van der Waals surface area (Å²) in [6, 6.07) is 7.12. The van der Waals surface area contributed by atoms with Gasteiger partial charge in [0.25, 0.3) is 0 Å². The van der Waals surface area contributed by atoms with E-state index in [1.165, 1.54) is 23.5 Å². The van der Waals surface area contributed by atoms with Crippen LogP contribution in [0.1, 0.15) is 19.3 Å². The van der Waals surface area contributed by atoms with Gasteiger partial charge in [0.15, 0.2) is 0 Å². The van der Waals surface area contributed by atoms with E-state index in [2.05, 4.69) is 0 Å². The van der Waals surface area contributed by atoms with E-state index in [0.717, 1.165) is 11.3 Å². The van der Waals surface area contributed by atoms with Gasteiger partial charge in [0.05, 0.1) is 4.90 Å². The maximum absolute atomic E-state index is 12.8. The highest BCUT2D eigenvalue weighted by molar-refractivity contribution is 7.89.